The molecular weight excluding hydrogens is 483 g/mol. The Labute approximate surface area is 213 Å². The lowest BCUT2D eigenvalue weighted by molar-refractivity contribution is -0.147. The standard InChI is InChI=1S/C28H30F3N3O3/c29-28(30,31)23-10-8-22(9-11-23)27(13-2-1-3-14-27)15-12-24-32-25(33-37-24)20-6-4-19(5-7-20)16-34-17-21(18-34)26(35)36/h4-11,21H,1-3,12-18H2,(H,35,36). The molecule has 5 rings (SSSR count). The summed E-state index contributed by atoms with van der Waals surface area (Å²) in [4.78, 5) is 17.6. The third kappa shape index (κ3) is 5.71. The van der Waals surface area contributed by atoms with E-state index in [2.05, 4.69) is 15.0 Å². The number of carboxylic acids is 1. The number of aromatic nitrogens is 2. The maximum Gasteiger partial charge on any atom is 0.416 e. The van der Waals surface area contributed by atoms with Crippen LogP contribution in [-0.2, 0) is 29.4 Å². The SMILES string of the molecule is O=C(O)C1CN(Cc2ccc(-c3noc(CCC4(c5ccc(C(F)(F)F)cc5)CCCCC4)n3)cc2)C1. The van der Waals surface area contributed by atoms with Gasteiger partial charge in [-0.25, -0.2) is 0 Å². The number of rotatable bonds is 8. The quantitative estimate of drug-likeness (QED) is 0.392. The Kier molecular flexibility index (Phi) is 7.07. The van der Waals surface area contributed by atoms with Gasteiger partial charge in [-0.2, -0.15) is 18.2 Å². The van der Waals surface area contributed by atoms with E-state index >= 15 is 0 Å². The van der Waals surface area contributed by atoms with Gasteiger partial charge < -0.3 is 9.63 Å². The summed E-state index contributed by atoms with van der Waals surface area (Å²) in [5, 5.41) is 13.2. The van der Waals surface area contributed by atoms with Gasteiger partial charge in [-0.05, 0) is 47.9 Å². The molecule has 1 saturated carbocycles. The Balaban J connectivity index is 1.22. The summed E-state index contributed by atoms with van der Waals surface area (Å²) in [7, 11) is 0. The fourth-order valence-electron chi connectivity index (χ4n) is 5.62. The van der Waals surface area contributed by atoms with Crippen molar-refractivity contribution >= 4 is 5.97 Å². The minimum Gasteiger partial charge on any atom is -0.481 e. The average molecular weight is 514 g/mol. The molecule has 0 radical (unpaired) electrons. The summed E-state index contributed by atoms with van der Waals surface area (Å²) in [6.45, 7) is 1.84. The zero-order valence-corrected chi connectivity index (χ0v) is 20.5. The number of likely N-dealkylation sites (tertiary alicyclic amines) is 1. The molecule has 1 aliphatic carbocycles. The van der Waals surface area contributed by atoms with Gasteiger partial charge in [0.15, 0.2) is 0 Å². The molecule has 2 heterocycles. The molecule has 9 heteroatoms. The molecule has 1 saturated heterocycles. The molecule has 2 aliphatic rings. The third-order valence-corrected chi connectivity index (χ3v) is 7.85. The molecule has 0 unspecified atom stereocenters. The highest BCUT2D eigenvalue weighted by atomic mass is 19.4. The number of carboxylic acid groups (broad SMARTS) is 1. The van der Waals surface area contributed by atoms with Crippen molar-refractivity contribution in [3.63, 3.8) is 0 Å². The van der Waals surface area contributed by atoms with Crippen LogP contribution in [0.2, 0.25) is 0 Å². The number of hydrogen-bond acceptors (Lipinski definition) is 5. The fourth-order valence-corrected chi connectivity index (χ4v) is 5.62. The van der Waals surface area contributed by atoms with Crippen LogP contribution in [-0.4, -0.2) is 39.2 Å². The van der Waals surface area contributed by atoms with Gasteiger partial charge in [0.05, 0.1) is 11.5 Å². The van der Waals surface area contributed by atoms with Gasteiger partial charge in [0, 0.05) is 31.6 Å². The summed E-state index contributed by atoms with van der Waals surface area (Å²) in [6.07, 6.45) is 2.08. The average Bonchev–Trinajstić information content (AvgIpc) is 3.34. The second-order valence-corrected chi connectivity index (χ2v) is 10.4. The number of aryl methyl sites for hydroxylation is 1. The molecule has 37 heavy (non-hydrogen) atoms. The zero-order chi connectivity index (χ0) is 26.0. The van der Waals surface area contributed by atoms with Crippen molar-refractivity contribution < 1.29 is 27.6 Å². The van der Waals surface area contributed by atoms with Crippen molar-refractivity contribution in [1.29, 1.82) is 0 Å². The molecule has 3 aromatic rings. The molecule has 2 aromatic carbocycles. The van der Waals surface area contributed by atoms with Gasteiger partial charge >= 0.3 is 12.1 Å². The molecule has 2 fully saturated rings. The van der Waals surface area contributed by atoms with Crippen molar-refractivity contribution in [2.24, 2.45) is 5.92 Å². The number of nitrogens with zero attached hydrogens (tertiary/aromatic N) is 3. The van der Waals surface area contributed by atoms with Gasteiger partial charge in [-0.3, -0.25) is 9.69 Å². The lowest BCUT2D eigenvalue weighted by Gasteiger charge is -2.38. The lowest BCUT2D eigenvalue weighted by atomic mass is 9.67. The predicted octanol–water partition coefficient (Wildman–Crippen LogP) is 6.11. The molecule has 1 aromatic heterocycles. The van der Waals surface area contributed by atoms with Crippen molar-refractivity contribution in [1.82, 2.24) is 15.0 Å². The highest BCUT2D eigenvalue weighted by Crippen LogP contribution is 2.43. The number of alkyl halides is 3. The van der Waals surface area contributed by atoms with E-state index in [-0.39, 0.29) is 11.3 Å². The van der Waals surface area contributed by atoms with Crippen LogP contribution in [0.3, 0.4) is 0 Å². The summed E-state index contributed by atoms with van der Waals surface area (Å²) < 4.78 is 44.7. The summed E-state index contributed by atoms with van der Waals surface area (Å²) in [5.41, 5.74) is 2.07. The van der Waals surface area contributed by atoms with Crippen LogP contribution >= 0.6 is 0 Å². The van der Waals surface area contributed by atoms with E-state index in [0.717, 1.165) is 55.2 Å². The smallest absolute Gasteiger partial charge is 0.416 e. The van der Waals surface area contributed by atoms with E-state index in [0.29, 0.717) is 37.8 Å². The van der Waals surface area contributed by atoms with Crippen molar-refractivity contribution in [3.8, 4) is 11.4 Å². The Morgan fingerprint density at radius 2 is 1.70 bits per heavy atom. The van der Waals surface area contributed by atoms with Gasteiger partial charge in [0.1, 0.15) is 0 Å². The van der Waals surface area contributed by atoms with E-state index in [1.807, 2.05) is 24.3 Å². The fraction of sp³-hybridized carbons (Fsp3) is 0.464. The monoisotopic (exact) mass is 513 g/mol. The largest absolute Gasteiger partial charge is 0.481 e. The molecule has 0 atom stereocenters. The number of aliphatic carboxylic acids is 1. The molecule has 6 nitrogen and oxygen atoms in total. The van der Waals surface area contributed by atoms with E-state index in [4.69, 9.17) is 9.63 Å². The summed E-state index contributed by atoms with van der Waals surface area (Å²) in [5.74, 6) is 0.0113. The molecule has 0 amide bonds. The highest BCUT2D eigenvalue weighted by Gasteiger charge is 2.36. The van der Waals surface area contributed by atoms with Gasteiger partial charge in [-0.15, -0.1) is 0 Å². The second kappa shape index (κ2) is 10.3. The van der Waals surface area contributed by atoms with E-state index < -0.39 is 17.7 Å². The second-order valence-electron chi connectivity index (χ2n) is 10.4. The Hall–Kier alpha value is -3.20. The van der Waals surface area contributed by atoms with Gasteiger partial charge in [0.2, 0.25) is 11.7 Å². The molecule has 0 spiro atoms. The van der Waals surface area contributed by atoms with Crippen molar-refractivity contribution in [3.05, 3.63) is 71.1 Å². The maximum atomic E-state index is 13.1. The molecule has 0 bridgehead atoms. The lowest BCUT2D eigenvalue weighted by Crippen LogP contribution is -2.49. The number of halogens is 3. The molecular formula is C28H30F3N3O3. The first-order valence-corrected chi connectivity index (χ1v) is 12.8. The number of benzene rings is 2. The normalized spacial score (nSPS) is 18.5. The summed E-state index contributed by atoms with van der Waals surface area (Å²) in [6, 6.07) is 13.5. The predicted molar refractivity (Wildman–Crippen MR) is 131 cm³/mol. The van der Waals surface area contributed by atoms with Crippen LogP contribution in [0.4, 0.5) is 13.2 Å². The highest BCUT2D eigenvalue weighted by molar-refractivity contribution is 5.71. The maximum absolute atomic E-state index is 13.1. The first kappa shape index (κ1) is 25.4. The first-order valence-electron chi connectivity index (χ1n) is 12.8. The van der Waals surface area contributed by atoms with E-state index in [1.165, 1.54) is 12.1 Å². The number of carbonyl (C=O) groups is 1. The van der Waals surface area contributed by atoms with Crippen LogP contribution in [0.5, 0.6) is 0 Å². The Morgan fingerprint density at radius 3 is 2.32 bits per heavy atom. The van der Waals surface area contributed by atoms with Crippen molar-refractivity contribution in [2.45, 2.75) is 63.1 Å². The third-order valence-electron chi connectivity index (χ3n) is 7.85. The molecule has 1 aliphatic heterocycles. The van der Waals surface area contributed by atoms with Crippen molar-refractivity contribution in [2.75, 3.05) is 13.1 Å². The molecule has 1 N–H and O–H groups in total. The van der Waals surface area contributed by atoms with Crippen LogP contribution in [0.15, 0.2) is 53.1 Å². The zero-order valence-electron chi connectivity index (χ0n) is 20.5. The minimum atomic E-state index is -4.34. The van der Waals surface area contributed by atoms with Crippen LogP contribution in [0, 0.1) is 5.92 Å². The van der Waals surface area contributed by atoms with Gasteiger partial charge in [0.25, 0.3) is 0 Å². The van der Waals surface area contributed by atoms with E-state index in [1.54, 1.807) is 12.1 Å². The van der Waals surface area contributed by atoms with E-state index in [9.17, 15) is 18.0 Å². The minimum absolute atomic E-state index is 0.185. The number of hydrogen-bond donors (Lipinski definition) is 1. The Morgan fingerprint density at radius 1 is 1.03 bits per heavy atom. The summed E-state index contributed by atoms with van der Waals surface area (Å²) >= 11 is 0. The van der Waals surface area contributed by atoms with Crippen LogP contribution in [0.1, 0.15) is 61.1 Å². The van der Waals surface area contributed by atoms with Crippen LogP contribution < -0.4 is 0 Å². The topological polar surface area (TPSA) is 79.5 Å². The molecule has 196 valence electrons. The first-order chi connectivity index (χ1) is 17.7. The van der Waals surface area contributed by atoms with Gasteiger partial charge in [-0.1, -0.05) is 60.8 Å². The Bertz CT molecular complexity index is 1210. The van der Waals surface area contributed by atoms with Crippen LogP contribution in [0.25, 0.3) is 11.4 Å².